The second-order valence-corrected chi connectivity index (χ2v) is 2.74. The Hall–Kier alpha value is -1.11. The molecule has 0 aliphatic carbocycles. The van der Waals surface area contributed by atoms with Crippen molar-refractivity contribution in [3.63, 3.8) is 0 Å². The van der Waals surface area contributed by atoms with Gasteiger partial charge in [-0.2, -0.15) is 5.10 Å². The van der Waals surface area contributed by atoms with Crippen LogP contribution in [0.3, 0.4) is 0 Å². The highest BCUT2D eigenvalue weighted by Crippen LogP contribution is 2.02. The van der Waals surface area contributed by atoms with E-state index >= 15 is 0 Å². The Labute approximate surface area is 82.1 Å². The van der Waals surface area contributed by atoms with Crippen molar-refractivity contribution in [2.75, 3.05) is 6.61 Å². The number of terminal acetylenes is 1. The molecule has 0 N–H and O–H groups in total. The molecule has 1 rings (SSSR count). The van der Waals surface area contributed by atoms with E-state index in [0.717, 1.165) is 5.69 Å². The first kappa shape index (κ1) is 9.97. The lowest BCUT2D eigenvalue weighted by Gasteiger charge is -1.99. The van der Waals surface area contributed by atoms with Crippen molar-refractivity contribution in [1.82, 2.24) is 10.2 Å². The summed E-state index contributed by atoms with van der Waals surface area (Å²) in [5, 5.41) is 7.87. The second kappa shape index (κ2) is 5.52. The van der Waals surface area contributed by atoms with Crippen LogP contribution in [0.4, 0.5) is 0 Å². The van der Waals surface area contributed by atoms with Gasteiger partial charge >= 0.3 is 0 Å². The van der Waals surface area contributed by atoms with Crippen molar-refractivity contribution >= 4 is 11.6 Å². The van der Waals surface area contributed by atoms with E-state index in [1.165, 1.54) is 0 Å². The number of rotatable bonds is 4. The van der Waals surface area contributed by atoms with Crippen LogP contribution in [-0.4, -0.2) is 16.8 Å². The summed E-state index contributed by atoms with van der Waals surface area (Å²) in [5.41, 5.74) is 0.751. The van der Waals surface area contributed by atoms with Gasteiger partial charge < -0.3 is 4.74 Å². The smallest absolute Gasteiger partial charge is 0.151 e. The lowest BCUT2D eigenvalue weighted by molar-refractivity contribution is 0.123. The molecule has 0 bridgehead atoms. The van der Waals surface area contributed by atoms with E-state index in [9.17, 15) is 0 Å². The fourth-order valence-corrected chi connectivity index (χ4v) is 0.829. The molecule has 1 aromatic rings. The molecular formula is C9H9ClN2O. The minimum Gasteiger partial charge on any atom is -0.374 e. The van der Waals surface area contributed by atoms with Gasteiger partial charge in [-0.3, -0.25) is 0 Å². The van der Waals surface area contributed by atoms with Crippen molar-refractivity contribution in [2.24, 2.45) is 0 Å². The molecule has 0 radical (unpaired) electrons. The van der Waals surface area contributed by atoms with Crippen LogP contribution < -0.4 is 0 Å². The zero-order valence-electron chi connectivity index (χ0n) is 7.03. The van der Waals surface area contributed by atoms with Crippen LogP contribution in [0.5, 0.6) is 0 Å². The summed E-state index contributed by atoms with van der Waals surface area (Å²) in [4.78, 5) is 0. The predicted octanol–water partition coefficient (Wildman–Crippen LogP) is 1.67. The molecule has 0 fully saturated rings. The molecule has 13 heavy (non-hydrogen) atoms. The summed E-state index contributed by atoms with van der Waals surface area (Å²) in [6.45, 7) is 0.965. The molecule has 0 aromatic carbocycles. The molecular weight excluding hydrogens is 188 g/mol. The summed E-state index contributed by atoms with van der Waals surface area (Å²) < 4.78 is 5.21. The van der Waals surface area contributed by atoms with Gasteiger partial charge in [0, 0.05) is 6.42 Å². The Bertz CT molecular complexity index is 291. The summed E-state index contributed by atoms with van der Waals surface area (Å²) in [6, 6.07) is 3.44. The summed E-state index contributed by atoms with van der Waals surface area (Å²) in [5.74, 6) is 2.48. The summed E-state index contributed by atoms with van der Waals surface area (Å²) in [6.07, 6.45) is 5.66. The van der Waals surface area contributed by atoms with Crippen molar-refractivity contribution in [3.05, 3.63) is 23.0 Å². The van der Waals surface area contributed by atoms with Gasteiger partial charge in [-0.05, 0) is 12.1 Å². The van der Waals surface area contributed by atoms with E-state index < -0.39 is 0 Å². The number of aromatic nitrogens is 2. The van der Waals surface area contributed by atoms with E-state index in [0.29, 0.717) is 24.8 Å². The molecule has 3 nitrogen and oxygen atoms in total. The standard InChI is InChI=1S/C9H9ClN2O/c1-2-3-6-13-7-8-4-5-9(10)12-11-8/h1,4-5H,3,6-7H2. The molecule has 0 amide bonds. The molecule has 0 spiro atoms. The predicted molar refractivity (Wildman–Crippen MR) is 50.1 cm³/mol. The van der Waals surface area contributed by atoms with Crippen LogP contribution >= 0.6 is 11.6 Å². The number of nitrogens with zero attached hydrogens (tertiary/aromatic N) is 2. The molecule has 1 aromatic heterocycles. The summed E-state index contributed by atoms with van der Waals surface area (Å²) >= 11 is 5.55. The highest BCUT2D eigenvalue weighted by atomic mass is 35.5. The first-order chi connectivity index (χ1) is 6.33. The Morgan fingerprint density at radius 1 is 1.46 bits per heavy atom. The topological polar surface area (TPSA) is 35.0 Å². The van der Waals surface area contributed by atoms with Gasteiger partial charge in [0.05, 0.1) is 18.9 Å². The van der Waals surface area contributed by atoms with Crippen molar-refractivity contribution < 1.29 is 4.74 Å². The van der Waals surface area contributed by atoms with Gasteiger partial charge in [-0.15, -0.1) is 17.4 Å². The SMILES string of the molecule is C#CCCOCc1ccc(Cl)nn1. The fourth-order valence-electron chi connectivity index (χ4n) is 0.728. The lowest BCUT2D eigenvalue weighted by Crippen LogP contribution is -1.98. The van der Waals surface area contributed by atoms with Gasteiger partial charge in [0.25, 0.3) is 0 Å². The maximum Gasteiger partial charge on any atom is 0.151 e. The minimum atomic E-state index is 0.382. The maximum atomic E-state index is 5.55. The van der Waals surface area contributed by atoms with Gasteiger partial charge in [0.15, 0.2) is 5.15 Å². The molecule has 0 atom stereocenters. The lowest BCUT2D eigenvalue weighted by atomic mass is 10.4. The van der Waals surface area contributed by atoms with E-state index in [1.807, 2.05) is 0 Å². The number of ether oxygens (including phenoxy) is 1. The van der Waals surface area contributed by atoms with Gasteiger partial charge in [-0.25, -0.2) is 0 Å². The largest absolute Gasteiger partial charge is 0.374 e. The molecule has 68 valence electrons. The van der Waals surface area contributed by atoms with Crippen LogP contribution in [0.15, 0.2) is 12.1 Å². The highest BCUT2D eigenvalue weighted by Gasteiger charge is 1.95. The Morgan fingerprint density at radius 3 is 2.92 bits per heavy atom. The third-order valence-electron chi connectivity index (χ3n) is 1.33. The molecule has 0 saturated heterocycles. The van der Waals surface area contributed by atoms with Crippen molar-refractivity contribution in [3.8, 4) is 12.3 Å². The van der Waals surface area contributed by atoms with Gasteiger partial charge in [0.2, 0.25) is 0 Å². The zero-order chi connectivity index (χ0) is 9.52. The molecule has 1 heterocycles. The average molecular weight is 197 g/mol. The quantitative estimate of drug-likeness (QED) is 0.543. The van der Waals surface area contributed by atoms with Crippen LogP contribution in [0.1, 0.15) is 12.1 Å². The number of hydrogen-bond acceptors (Lipinski definition) is 3. The Kier molecular flexibility index (Phi) is 4.24. The average Bonchev–Trinajstić information content (AvgIpc) is 2.15. The first-order valence-electron chi connectivity index (χ1n) is 3.82. The maximum absolute atomic E-state index is 5.55. The number of halogens is 1. The van der Waals surface area contributed by atoms with E-state index in [1.54, 1.807) is 12.1 Å². The minimum absolute atomic E-state index is 0.382. The third-order valence-corrected chi connectivity index (χ3v) is 1.53. The first-order valence-corrected chi connectivity index (χ1v) is 4.20. The van der Waals surface area contributed by atoms with E-state index in [2.05, 4.69) is 16.1 Å². The molecule has 0 aliphatic heterocycles. The monoisotopic (exact) mass is 196 g/mol. The van der Waals surface area contributed by atoms with Crippen LogP contribution in [0.2, 0.25) is 5.15 Å². The zero-order valence-corrected chi connectivity index (χ0v) is 7.79. The summed E-state index contributed by atoms with van der Waals surface area (Å²) in [7, 11) is 0. The van der Waals surface area contributed by atoms with Gasteiger partial charge in [-0.1, -0.05) is 11.6 Å². The second-order valence-electron chi connectivity index (χ2n) is 2.35. The van der Waals surface area contributed by atoms with Crippen LogP contribution in [0.25, 0.3) is 0 Å². The molecule has 0 unspecified atom stereocenters. The normalized spacial score (nSPS) is 9.54. The fraction of sp³-hybridized carbons (Fsp3) is 0.333. The van der Waals surface area contributed by atoms with Crippen LogP contribution in [-0.2, 0) is 11.3 Å². The van der Waals surface area contributed by atoms with Gasteiger partial charge in [0.1, 0.15) is 0 Å². The molecule has 4 heteroatoms. The van der Waals surface area contributed by atoms with Crippen LogP contribution in [0, 0.1) is 12.3 Å². The van der Waals surface area contributed by atoms with E-state index in [4.69, 9.17) is 22.8 Å². The number of hydrogen-bond donors (Lipinski definition) is 0. The molecule has 0 aliphatic rings. The Balaban J connectivity index is 2.30. The highest BCUT2D eigenvalue weighted by molar-refractivity contribution is 6.29. The molecule has 0 saturated carbocycles. The third kappa shape index (κ3) is 3.88. The van der Waals surface area contributed by atoms with E-state index in [-0.39, 0.29) is 0 Å². The Morgan fingerprint density at radius 2 is 2.31 bits per heavy atom. The van der Waals surface area contributed by atoms with Crippen molar-refractivity contribution in [2.45, 2.75) is 13.0 Å². The van der Waals surface area contributed by atoms with Crippen molar-refractivity contribution in [1.29, 1.82) is 0 Å².